The average molecular weight is 386 g/mol. The fourth-order valence-electron chi connectivity index (χ4n) is 3.10. The number of amides is 1. The van der Waals surface area contributed by atoms with Crippen LogP contribution in [0.15, 0.2) is 52.5 Å². The number of hydrogen-bond donors (Lipinski definition) is 5. The first-order valence-electron chi connectivity index (χ1n) is 8.44. The zero-order chi connectivity index (χ0) is 19.4. The van der Waals surface area contributed by atoms with Gasteiger partial charge in [0.1, 0.15) is 11.0 Å². The number of hydrazone groups is 1. The lowest BCUT2D eigenvalue weighted by Crippen LogP contribution is -2.35. The van der Waals surface area contributed by atoms with Crippen LogP contribution in [0.25, 0.3) is 11.1 Å². The van der Waals surface area contributed by atoms with Gasteiger partial charge in [-0.05, 0) is 29.2 Å². The van der Waals surface area contributed by atoms with Crippen LogP contribution in [0.1, 0.15) is 17.5 Å². The van der Waals surface area contributed by atoms with Gasteiger partial charge in [-0.1, -0.05) is 36.4 Å². The summed E-state index contributed by atoms with van der Waals surface area (Å²) in [6.45, 7) is 1.30. The van der Waals surface area contributed by atoms with E-state index in [-0.39, 0.29) is 17.8 Å². The summed E-state index contributed by atoms with van der Waals surface area (Å²) in [6, 6.07) is 12.9. The highest BCUT2D eigenvalue weighted by Gasteiger charge is 2.23. The van der Waals surface area contributed by atoms with Crippen LogP contribution in [0.3, 0.4) is 0 Å². The van der Waals surface area contributed by atoms with Crippen LogP contribution in [0, 0.1) is 0 Å². The van der Waals surface area contributed by atoms with E-state index in [1.54, 1.807) is 12.1 Å². The summed E-state index contributed by atoms with van der Waals surface area (Å²) in [7, 11) is -1.72. The molecule has 1 fully saturated rings. The fourth-order valence-corrected chi connectivity index (χ4v) is 3.73. The van der Waals surface area contributed by atoms with Crippen LogP contribution >= 0.6 is 0 Å². The molecule has 3 rings (SSSR count). The Kier molecular flexibility index (Phi) is 5.84. The molecule has 2 aromatic carbocycles. The molecule has 0 bridgehead atoms. The number of rotatable bonds is 6. The van der Waals surface area contributed by atoms with Crippen molar-refractivity contribution in [3.63, 3.8) is 0 Å². The summed E-state index contributed by atoms with van der Waals surface area (Å²) in [5.41, 5.74) is 9.04. The number of carbonyl (C=O) groups excluding carboxylic acids is 1. The highest BCUT2D eigenvalue weighted by atomic mass is 32.2. The molecular weight excluding hydrogens is 364 g/mol. The van der Waals surface area contributed by atoms with Crippen molar-refractivity contribution in [2.24, 2.45) is 21.8 Å². The molecule has 0 radical (unpaired) electrons. The molecule has 0 aromatic heterocycles. The summed E-state index contributed by atoms with van der Waals surface area (Å²) in [4.78, 5) is 12.0. The highest BCUT2D eigenvalue weighted by molar-refractivity contribution is 7.82. The summed E-state index contributed by atoms with van der Waals surface area (Å²) >= 11 is 0. The van der Waals surface area contributed by atoms with Crippen LogP contribution in [0.5, 0.6) is 0 Å². The molecule has 0 saturated carbocycles. The predicted octanol–water partition coefficient (Wildman–Crippen LogP) is -0.108. The zero-order valence-corrected chi connectivity index (χ0v) is 15.5. The number of nitrogens with one attached hydrogen (secondary N) is 2. The summed E-state index contributed by atoms with van der Waals surface area (Å²) in [6.07, 6.45) is 0.793. The lowest BCUT2D eigenvalue weighted by atomic mass is 9.98. The molecule has 8 N–H and O–H groups in total. The van der Waals surface area contributed by atoms with Crippen molar-refractivity contribution in [2.75, 3.05) is 6.54 Å². The van der Waals surface area contributed by atoms with E-state index in [0.29, 0.717) is 23.5 Å². The monoisotopic (exact) mass is 386 g/mol. The Morgan fingerprint density at radius 3 is 2.59 bits per heavy atom. The van der Waals surface area contributed by atoms with Gasteiger partial charge in [0.2, 0.25) is 5.91 Å². The van der Waals surface area contributed by atoms with Crippen LogP contribution in [0.2, 0.25) is 0 Å². The second kappa shape index (κ2) is 8.30. The van der Waals surface area contributed by atoms with E-state index in [1.165, 1.54) is 0 Å². The highest BCUT2D eigenvalue weighted by Crippen LogP contribution is 2.28. The zero-order valence-electron chi connectivity index (χ0n) is 14.6. The molecule has 2 unspecified atom stereocenters. The van der Waals surface area contributed by atoms with Gasteiger partial charge in [0.05, 0.1) is 10.9 Å². The Balaban J connectivity index is 1.85. The van der Waals surface area contributed by atoms with Crippen molar-refractivity contribution < 1.29 is 9.00 Å². The van der Waals surface area contributed by atoms with E-state index in [2.05, 4.69) is 15.7 Å². The quantitative estimate of drug-likeness (QED) is 0.203. The van der Waals surface area contributed by atoms with Crippen molar-refractivity contribution in [1.29, 1.82) is 0 Å². The van der Waals surface area contributed by atoms with Gasteiger partial charge in [0.15, 0.2) is 5.84 Å². The van der Waals surface area contributed by atoms with E-state index >= 15 is 0 Å². The first kappa shape index (κ1) is 19.0. The summed E-state index contributed by atoms with van der Waals surface area (Å²) < 4.78 is 11.9. The van der Waals surface area contributed by atoms with Crippen molar-refractivity contribution in [1.82, 2.24) is 10.6 Å². The molecule has 27 heavy (non-hydrogen) atoms. The van der Waals surface area contributed by atoms with Gasteiger partial charge in [-0.3, -0.25) is 4.79 Å². The Hall–Kier alpha value is -2.75. The van der Waals surface area contributed by atoms with Gasteiger partial charge < -0.3 is 22.2 Å². The lowest BCUT2D eigenvalue weighted by Gasteiger charge is -2.14. The van der Waals surface area contributed by atoms with Gasteiger partial charge >= 0.3 is 0 Å². The van der Waals surface area contributed by atoms with Crippen LogP contribution in [-0.4, -0.2) is 28.5 Å². The average Bonchev–Trinajstić information content (AvgIpc) is 3.10. The molecule has 9 heteroatoms. The molecular formula is C18H22N6O2S. The van der Waals surface area contributed by atoms with Crippen LogP contribution in [0.4, 0.5) is 0 Å². The van der Waals surface area contributed by atoms with Crippen molar-refractivity contribution in [3.8, 4) is 11.1 Å². The Morgan fingerprint density at radius 1 is 1.26 bits per heavy atom. The van der Waals surface area contributed by atoms with E-state index in [0.717, 1.165) is 23.1 Å². The molecule has 2 aromatic rings. The Morgan fingerprint density at radius 2 is 2.00 bits per heavy atom. The number of carbonyl (C=O) groups is 1. The number of amidine groups is 1. The predicted molar refractivity (Wildman–Crippen MR) is 106 cm³/mol. The topological polar surface area (TPSA) is 149 Å². The second-order valence-electron chi connectivity index (χ2n) is 6.20. The molecule has 1 saturated heterocycles. The van der Waals surface area contributed by atoms with Gasteiger partial charge in [0, 0.05) is 18.7 Å². The van der Waals surface area contributed by atoms with Crippen molar-refractivity contribution >= 4 is 22.7 Å². The molecule has 2 atom stereocenters. The van der Waals surface area contributed by atoms with Gasteiger partial charge in [-0.2, -0.15) is 5.10 Å². The maximum Gasteiger partial charge on any atom is 0.237 e. The number of hydrogen-bond acceptors (Lipinski definition) is 5. The first-order valence-corrected chi connectivity index (χ1v) is 9.66. The minimum Gasteiger partial charge on any atom is -0.382 e. The van der Waals surface area contributed by atoms with Crippen molar-refractivity contribution in [3.05, 3.63) is 53.6 Å². The first-order chi connectivity index (χ1) is 13.0. The van der Waals surface area contributed by atoms with Gasteiger partial charge in [-0.25, -0.2) is 9.35 Å². The molecule has 8 nitrogen and oxygen atoms in total. The smallest absolute Gasteiger partial charge is 0.237 e. The SMILES string of the molecule is N/N=C(\N)c1c(-c2ccc(CNC3CCNC3=O)cc2)cccc1S(N)=O. The maximum atomic E-state index is 11.9. The Bertz CT molecular complexity index is 897. The summed E-state index contributed by atoms with van der Waals surface area (Å²) in [5, 5.41) is 15.2. The van der Waals surface area contributed by atoms with Crippen molar-refractivity contribution in [2.45, 2.75) is 23.9 Å². The minimum absolute atomic E-state index is 0.0411. The number of benzene rings is 2. The van der Waals surface area contributed by atoms with Crippen LogP contribution < -0.4 is 27.3 Å². The molecule has 1 aliphatic heterocycles. The van der Waals surface area contributed by atoms with E-state index in [1.807, 2.05) is 30.3 Å². The van der Waals surface area contributed by atoms with E-state index in [9.17, 15) is 9.00 Å². The third kappa shape index (κ3) is 4.16. The van der Waals surface area contributed by atoms with E-state index < -0.39 is 11.0 Å². The van der Waals surface area contributed by atoms with Gasteiger partial charge in [-0.15, -0.1) is 0 Å². The van der Waals surface area contributed by atoms with Gasteiger partial charge in [0.25, 0.3) is 0 Å². The molecule has 0 aliphatic carbocycles. The van der Waals surface area contributed by atoms with Crippen LogP contribution in [-0.2, 0) is 22.3 Å². The van der Waals surface area contributed by atoms with E-state index in [4.69, 9.17) is 16.7 Å². The maximum absolute atomic E-state index is 11.9. The standard InChI is InChI=1S/C18H22N6O2S/c19-17(24-20)16-13(2-1-3-15(16)27(21)26)12-6-4-11(5-7-12)10-23-14-8-9-22-18(14)25/h1-7,14,23H,8-10,20-21H2,(H2,19,24)(H,22,25). The third-order valence-corrected chi connectivity index (χ3v) is 5.28. The lowest BCUT2D eigenvalue weighted by molar-refractivity contribution is -0.120. The molecule has 0 spiro atoms. The summed E-state index contributed by atoms with van der Waals surface area (Å²) in [5.74, 6) is 5.45. The Labute approximate surface area is 159 Å². The minimum atomic E-state index is -1.72. The molecule has 1 heterocycles. The number of nitrogens with zero attached hydrogens (tertiary/aromatic N) is 1. The number of nitrogens with two attached hydrogens (primary N) is 3. The largest absolute Gasteiger partial charge is 0.382 e. The normalized spacial score (nSPS) is 18.3. The fraction of sp³-hybridized carbons (Fsp3) is 0.222. The molecule has 1 amide bonds. The third-order valence-electron chi connectivity index (χ3n) is 4.50. The second-order valence-corrected chi connectivity index (χ2v) is 7.24. The molecule has 142 valence electrons. The molecule has 1 aliphatic rings.